The molecule has 1 heteroatoms. The third-order valence-electron chi connectivity index (χ3n) is 1.85. The summed E-state index contributed by atoms with van der Waals surface area (Å²) in [6.07, 6.45) is 5.22. The summed E-state index contributed by atoms with van der Waals surface area (Å²) in [5, 5.41) is 0.549. The Morgan fingerprint density at radius 2 is 2.08 bits per heavy atom. The second kappa shape index (κ2) is 5.04. The lowest BCUT2D eigenvalue weighted by atomic mass is 10.1. The first-order chi connectivity index (χ1) is 5.86. The summed E-state index contributed by atoms with van der Waals surface area (Å²) in [5.41, 5.74) is 1.39. The molecule has 0 aliphatic carbocycles. The summed E-state index contributed by atoms with van der Waals surface area (Å²) in [5.74, 6) is 0. The van der Waals surface area contributed by atoms with E-state index in [2.05, 4.69) is 37.1 Å². The summed E-state index contributed by atoms with van der Waals surface area (Å²) in [6.45, 7) is 3.81. The Bertz CT molecular complexity index is 228. The maximum atomic E-state index is 3.81. The molecule has 1 rings (SSSR count). The highest BCUT2D eigenvalue weighted by Gasteiger charge is 2.01. The van der Waals surface area contributed by atoms with Gasteiger partial charge in [0.25, 0.3) is 0 Å². The molecule has 0 bridgehead atoms. The van der Waals surface area contributed by atoms with Crippen molar-refractivity contribution in [3.05, 3.63) is 48.6 Å². The van der Waals surface area contributed by atoms with Gasteiger partial charge in [-0.15, -0.1) is 6.58 Å². The maximum absolute atomic E-state index is 3.81. The molecule has 1 aromatic rings. The van der Waals surface area contributed by atoms with Gasteiger partial charge in [0, 0.05) is 5.25 Å². The van der Waals surface area contributed by atoms with Gasteiger partial charge in [0.1, 0.15) is 0 Å². The quantitative estimate of drug-likeness (QED) is 0.638. The normalized spacial score (nSPS) is 12.4. The van der Waals surface area contributed by atoms with Gasteiger partial charge in [-0.1, -0.05) is 36.4 Å². The van der Waals surface area contributed by atoms with Crippen molar-refractivity contribution in [3.8, 4) is 0 Å². The van der Waals surface area contributed by atoms with Crippen LogP contribution in [0.2, 0.25) is 0 Å². The van der Waals surface area contributed by atoms with E-state index >= 15 is 0 Å². The number of thioether (sulfide) groups is 1. The predicted octanol–water partition coefficient (Wildman–Crippen LogP) is 3.15. The Hall–Kier alpha value is -0.690. The monoisotopic (exact) mass is 178 g/mol. The highest BCUT2D eigenvalue weighted by Crippen LogP contribution is 2.13. The van der Waals surface area contributed by atoms with Gasteiger partial charge in [-0.05, 0) is 18.2 Å². The number of rotatable bonds is 4. The molecule has 0 amide bonds. The summed E-state index contributed by atoms with van der Waals surface area (Å²) in [6, 6.07) is 10.5. The van der Waals surface area contributed by atoms with Crippen molar-refractivity contribution in [1.82, 2.24) is 0 Å². The van der Waals surface area contributed by atoms with Gasteiger partial charge in [-0.3, -0.25) is 0 Å². The Kier molecular flexibility index (Phi) is 3.95. The average Bonchev–Trinajstić information content (AvgIpc) is 2.16. The fourth-order valence-corrected chi connectivity index (χ4v) is 1.66. The minimum absolute atomic E-state index is 0.549. The molecule has 0 aromatic heterocycles. The van der Waals surface area contributed by atoms with Crippen molar-refractivity contribution < 1.29 is 0 Å². The maximum Gasteiger partial charge on any atom is 0.0262 e. The van der Waals surface area contributed by atoms with Crippen LogP contribution in [-0.2, 0) is 6.42 Å². The van der Waals surface area contributed by atoms with Crippen LogP contribution in [0.4, 0.5) is 0 Å². The molecule has 0 aliphatic heterocycles. The summed E-state index contributed by atoms with van der Waals surface area (Å²) < 4.78 is 0. The molecule has 1 unspecified atom stereocenters. The first kappa shape index (κ1) is 9.40. The Labute approximate surface area is 78.7 Å². The van der Waals surface area contributed by atoms with Crippen LogP contribution in [0.3, 0.4) is 0 Å². The first-order valence-corrected chi connectivity index (χ1v) is 5.35. The standard InChI is InChI=1S/C11H14S/c1-3-11(12-2)9-10-7-5-4-6-8-10/h3-8,11H,1,9H2,2H3. The number of hydrogen-bond acceptors (Lipinski definition) is 1. The zero-order chi connectivity index (χ0) is 8.81. The summed E-state index contributed by atoms with van der Waals surface area (Å²) in [7, 11) is 0. The summed E-state index contributed by atoms with van der Waals surface area (Å²) >= 11 is 1.85. The second-order valence-electron chi connectivity index (χ2n) is 2.70. The van der Waals surface area contributed by atoms with Gasteiger partial charge < -0.3 is 0 Å². The largest absolute Gasteiger partial charge is 0.158 e. The Balaban J connectivity index is 2.56. The molecule has 12 heavy (non-hydrogen) atoms. The average molecular weight is 178 g/mol. The Morgan fingerprint density at radius 1 is 1.42 bits per heavy atom. The predicted molar refractivity (Wildman–Crippen MR) is 57.6 cm³/mol. The molecule has 0 radical (unpaired) electrons. The van der Waals surface area contributed by atoms with Crippen molar-refractivity contribution in [3.63, 3.8) is 0 Å². The highest BCUT2D eigenvalue weighted by atomic mass is 32.2. The van der Waals surface area contributed by atoms with Crippen molar-refractivity contribution in [1.29, 1.82) is 0 Å². The van der Waals surface area contributed by atoms with E-state index in [1.165, 1.54) is 5.56 Å². The van der Waals surface area contributed by atoms with Crippen LogP contribution >= 0.6 is 11.8 Å². The van der Waals surface area contributed by atoms with E-state index in [1.54, 1.807) is 0 Å². The van der Waals surface area contributed by atoms with E-state index in [1.807, 2.05) is 23.9 Å². The fraction of sp³-hybridized carbons (Fsp3) is 0.273. The molecular weight excluding hydrogens is 164 g/mol. The molecule has 0 spiro atoms. The van der Waals surface area contributed by atoms with Crippen molar-refractivity contribution in [2.24, 2.45) is 0 Å². The summed E-state index contributed by atoms with van der Waals surface area (Å²) in [4.78, 5) is 0. The first-order valence-electron chi connectivity index (χ1n) is 4.06. The molecule has 0 heterocycles. The SMILES string of the molecule is C=CC(Cc1ccccc1)SC. The van der Waals surface area contributed by atoms with E-state index in [0.717, 1.165) is 6.42 Å². The van der Waals surface area contributed by atoms with Gasteiger partial charge in [0.05, 0.1) is 0 Å². The third kappa shape index (κ3) is 2.74. The van der Waals surface area contributed by atoms with Crippen molar-refractivity contribution in [2.75, 3.05) is 6.26 Å². The molecule has 1 aromatic carbocycles. The zero-order valence-corrected chi connectivity index (χ0v) is 8.18. The lowest BCUT2D eigenvalue weighted by molar-refractivity contribution is 1.03. The number of benzene rings is 1. The minimum atomic E-state index is 0.549. The van der Waals surface area contributed by atoms with Gasteiger partial charge in [-0.2, -0.15) is 11.8 Å². The van der Waals surface area contributed by atoms with Crippen LogP contribution in [0.5, 0.6) is 0 Å². The van der Waals surface area contributed by atoms with E-state index in [-0.39, 0.29) is 0 Å². The van der Waals surface area contributed by atoms with E-state index < -0.39 is 0 Å². The molecule has 0 N–H and O–H groups in total. The van der Waals surface area contributed by atoms with Gasteiger partial charge in [0.2, 0.25) is 0 Å². The van der Waals surface area contributed by atoms with E-state index in [0.29, 0.717) is 5.25 Å². The molecule has 0 saturated carbocycles. The van der Waals surface area contributed by atoms with Crippen LogP contribution < -0.4 is 0 Å². The van der Waals surface area contributed by atoms with Gasteiger partial charge in [-0.25, -0.2) is 0 Å². The second-order valence-corrected chi connectivity index (χ2v) is 3.78. The smallest absolute Gasteiger partial charge is 0.0262 e. The van der Waals surface area contributed by atoms with Crippen molar-refractivity contribution >= 4 is 11.8 Å². The molecule has 0 aliphatic rings. The minimum Gasteiger partial charge on any atom is -0.158 e. The lowest BCUT2D eigenvalue weighted by Crippen LogP contribution is -2.01. The van der Waals surface area contributed by atoms with Crippen LogP contribution in [-0.4, -0.2) is 11.5 Å². The zero-order valence-electron chi connectivity index (χ0n) is 7.36. The van der Waals surface area contributed by atoms with Crippen molar-refractivity contribution in [2.45, 2.75) is 11.7 Å². The van der Waals surface area contributed by atoms with Crippen LogP contribution in [0.15, 0.2) is 43.0 Å². The third-order valence-corrected chi connectivity index (χ3v) is 2.81. The highest BCUT2D eigenvalue weighted by molar-refractivity contribution is 7.99. The topological polar surface area (TPSA) is 0 Å². The molecule has 0 saturated heterocycles. The van der Waals surface area contributed by atoms with Crippen LogP contribution in [0.25, 0.3) is 0 Å². The van der Waals surface area contributed by atoms with Crippen LogP contribution in [0.1, 0.15) is 5.56 Å². The molecule has 0 nitrogen and oxygen atoms in total. The van der Waals surface area contributed by atoms with E-state index in [4.69, 9.17) is 0 Å². The molecular formula is C11H14S. The van der Waals surface area contributed by atoms with E-state index in [9.17, 15) is 0 Å². The van der Waals surface area contributed by atoms with Crippen LogP contribution in [0, 0.1) is 0 Å². The molecule has 0 fully saturated rings. The number of hydrogen-bond donors (Lipinski definition) is 0. The molecule has 64 valence electrons. The molecule has 1 atom stereocenters. The fourth-order valence-electron chi connectivity index (χ4n) is 1.11. The van der Waals surface area contributed by atoms with Gasteiger partial charge >= 0.3 is 0 Å². The Morgan fingerprint density at radius 3 is 2.58 bits per heavy atom. The van der Waals surface area contributed by atoms with Gasteiger partial charge in [0.15, 0.2) is 0 Å². The lowest BCUT2D eigenvalue weighted by Gasteiger charge is -2.08.